The molecule has 0 aliphatic rings. The maximum absolute atomic E-state index is 12.2. The Hall–Kier alpha value is -1.61. The van der Waals surface area contributed by atoms with E-state index in [9.17, 15) is 18.0 Å². The summed E-state index contributed by atoms with van der Waals surface area (Å²) in [6.45, 7) is 4.81. The van der Waals surface area contributed by atoms with E-state index < -0.39 is 21.9 Å². The third-order valence-corrected chi connectivity index (χ3v) is 4.48. The lowest BCUT2D eigenvalue weighted by Gasteiger charge is -2.14. The van der Waals surface area contributed by atoms with Gasteiger partial charge in [-0.15, -0.1) is 0 Å². The fourth-order valence-corrected chi connectivity index (χ4v) is 3.08. The number of halogens is 1. The molecule has 1 amide bonds. The topological polar surface area (TPSA) is 98.8 Å². The minimum atomic E-state index is -3.84. The molecule has 1 aromatic rings. The largest absolute Gasteiger partial charge is 0.490 e. The molecule has 0 saturated carbocycles. The van der Waals surface area contributed by atoms with Crippen LogP contribution < -0.4 is 9.46 Å². The number of carbonyl (C=O) groups excluding carboxylic acids is 2. The van der Waals surface area contributed by atoms with Crippen LogP contribution in [0.15, 0.2) is 22.7 Å². The SMILES string of the molecule is CC(=O)OCCCS(=O)(=O)NC(=O)c1ccc(Br)cc1OC(C)C. The van der Waals surface area contributed by atoms with Gasteiger partial charge in [0.05, 0.1) is 24.0 Å². The fourth-order valence-electron chi connectivity index (χ4n) is 1.75. The van der Waals surface area contributed by atoms with Gasteiger partial charge in [-0.05, 0) is 38.5 Å². The first kappa shape index (κ1) is 20.4. The lowest BCUT2D eigenvalue weighted by Crippen LogP contribution is -2.33. The molecule has 0 fully saturated rings. The summed E-state index contributed by atoms with van der Waals surface area (Å²) < 4.78 is 36.8. The van der Waals surface area contributed by atoms with Crippen molar-refractivity contribution in [3.63, 3.8) is 0 Å². The van der Waals surface area contributed by atoms with Gasteiger partial charge in [0, 0.05) is 11.4 Å². The number of hydrogen-bond donors (Lipinski definition) is 1. The molecule has 0 atom stereocenters. The van der Waals surface area contributed by atoms with E-state index in [0.29, 0.717) is 4.47 Å². The molecule has 0 unspecified atom stereocenters. The summed E-state index contributed by atoms with van der Waals surface area (Å²) in [6, 6.07) is 4.70. The molecule has 0 aliphatic heterocycles. The number of sulfonamides is 1. The van der Waals surface area contributed by atoms with Crippen LogP contribution in [0, 0.1) is 0 Å². The molecule has 1 aromatic carbocycles. The van der Waals surface area contributed by atoms with Crippen LogP contribution in [0.5, 0.6) is 5.75 Å². The standard InChI is InChI=1S/C15H20BrNO6S/c1-10(2)23-14-9-12(16)5-6-13(14)15(19)17-24(20,21)8-4-7-22-11(3)18/h5-6,9-10H,4,7-8H2,1-3H3,(H,17,19). The van der Waals surface area contributed by atoms with Gasteiger partial charge in [0.2, 0.25) is 10.0 Å². The summed E-state index contributed by atoms with van der Waals surface area (Å²) in [6.07, 6.45) is -0.0797. The van der Waals surface area contributed by atoms with Gasteiger partial charge in [-0.3, -0.25) is 9.59 Å². The van der Waals surface area contributed by atoms with Crippen LogP contribution in [0.25, 0.3) is 0 Å². The van der Waals surface area contributed by atoms with E-state index in [4.69, 9.17) is 4.74 Å². The van der Waals surface area contributed by atoms with Gasteiger partial charge in [-0.2, -0.15) is 0 Å². The van der Waals surface area contributed by atoms with Crippen molar-refractivity contribution in [1.82, 2.24) is 4.72 Å². The third kappa shape index (κ3) is 7.31. The molecule has 7 nitrogen and oxygen atoms in total. The van der Waals surface area contributed by atoms with Crippen LogP contribution in [0.2, 0.25) is 0 Å². The maximum atomic E-state index is 12.2. The summed E-state index contributed by atoms with van der Waals surface area (Å²) >= 11 is 3.28. The fraction of sp³-hybridized carbons (Fsp3) is 0.467. The number of esters is 1. The Morgan fingerprint density at radius 3 is 2.54 bits per heavy atom. The first-order valence-corrected chi connectivity index (χ1v) is 9.69. The molecule has 24 heavy (non-hydrogen) atoms. The van der Waals surface area contributed by atoms with Crippen molar-refractivity contribution in [1.29, 1.82) is 0 Å². The van der Waals surface area contributed by atoms with Crippen molar-refractivity contribution in [2.24, 2.45) is 0 Å². The van der Waals surface area contributed by atoms with E-state index in [2.05, 4.69) is 20.7 Å². The summed E-state index contributed by atoms with van der Waals surface area (Å²) in [5.41, 5.74) is 0.121. The van der Waals surface area contributed by atoms with Gasteiger partial charge in [-0.1, -0.05) is 15.9 Å². The molecule has 1 rings (SSSR count). The number of hydrogen-bond acceptors (Lipinski definition) is 6. The summed E-state index contributed by atoms with van der Waals surface area (Å²) in [5.74, 6) is -1.30. The van der Waals surface area contributed by atoms with Gasteiger partial charge in [0.15, 0.2) is 0 Å². The average molecular weight is 422 g/mol. The summed E-state index contributed by atoms with van der Waals surface area (Å²) in [4.78, 5) is 22.9. The van der Waals surface area contributed by atoms with E-state index in [0.717, 1.165) is 0 Å². The molecule has 134 valence electrons. The number of carbonyl (C=O) groups is 2. The van der Waals surface area contributed by atoms with Crippen molar-refractivity contribution < 1.29 is 27.5 Å². The lowest BCUT2D eigenvalue weighted by atomic mass is 10.2. The quantitative estimate of drug-likeness (QED) is 0.510. The Labute approximate surface area is 149 Å². The molecule has 9 heteroatoms. The van der Waals surface area contributed by atoms with Gasteiger partial charge in [0.25, 0.3) is 5.91 Å². The van der Waals surface area contributed by atoms with Crippen molar-refractivity contribution in [2.75, 3.05) is 12.4 Å². The first-order valence-electron chi connectivity index (χ1n) is 7.25. The van der Waals surface area contributed by atoms with Crippen LogP contribution in [0.3, 0.4) is 0 Å². The van der Waals surface area contributed by atoms with Crippen LogP contribution >= 0.6 is 15.9 Å². The predicted octanol–water partition coefficient (Wildman–Crippen LogP) is 2.25. The van der Waals surface area contributed by atoms with Gasteiger partial charge in [0.1, 0.15) is 5.75 Å². The Balaban J connectivity index is 2.78. The molecule has 0 aromatic heterocycles. The van der Waals surface area contributed by atoms with Gasteiger partial charge < -0.3 is 9.47 Å². The number of benzene rings is 1. The Bertz CT molecular complexity index is 702. The first-order chi connectivity index (χ1) is 11.1. The van der Waals surface area contributed by atoms with Crippen molar-refractivity contribution in [3.05, 3.63) is 28.2 Å². The minimum Gasteiger partial charge on any atom is -0.490 e. The molecule has 0 aliphatic carbocycles. The highest BCUT2D eigenvalue weighted by molar-refractivity contribution is 9.10. The highest BCUT2D eigenvalue weighted by Crippen LogP contribution is 2.25. The molecule has 0 heterocycles. The highest BCUT2D eigenvalue weighted by atomic mass is 79.9. The van der Waals surface area contributed by atoms with Gasteiger partial charge in [-0.25, -0.2) is 13.1 Å². The number of amides is 1. The van der Waals surface area contributed by atoms with Crippen LogP contribution in [-0.4, -0.2) is 38.8 Å². The van der Waals surface area contributed by atoms with E-state index in [1.807, 2.05) is 4.72 Å². The zero-order valence-electron chi connectivity index (χ0n) is 13.7. The van der Waals surface area contributed by atoms with Crippen molar-refractivity contribution in [2.45, 2.75) is 33.3 Å². The van der Waals surface area contributed by atoms with E-state index in [-0.39, 0.29) is 36.2 Å². The monoisotopic (exact) mass is 421 g/mol. The van der Waals surface area contributed by atoms with E-state index >= 15 is 0 Å². The van der Waals surface area contributed by atoms with Crippen LogP contribution in [0.1, 0.15) is 37.6 Å². The third-order valence-electron chi connectivity index (χ3n) is 2.66. The van der Waals surface area contributed by atoms with Crippen molar-refractivity contribution >= 4 is 37.8 Å². The molecule has 0 spiro atoms. The second-order valence-electron chi connectivity index (χ2n) is 5.25. The van der Waals surface area contributed by atoms with Crippen LogP contribution in [-0.2, 0) is 19.6 Å². The van der Waals surface area contributed by atoms with Crippen molar-refractivity contribution in [3.8, 4) is 5.75 Å². The molecular formula is C15H20BrNO6S. The molecule has 0 saturated heterocycles. The van der Waals surface area contributed by atoms with Crippen LogP contribution in [0.4, 0.5) is 0 Å². The second kappa shape index (κ2) is 9.03. The predicted molar refractivity (Wildman–Crippen MR) is 92.4 cm³/mol. The number of rotatable bonds is 8. The average Bonchev–Trinajstić information content (AvgIpc) is 2.42. The normalized spacial score (nSPS) is 11.2. The minimum absolute atomic E-state index is 0.0234. The Morgan fingerprint density at radius 2 is 1.96 bits per heavy atom. The molecule has 0 radical (unpaired) electrons. The molecular weight excluding hydrogens is 402 g/mol. The number of ether oxygens (including phenoxy) is 2. The molecule has 0 bridgehead atoms. The highest BCUT2D eigenvalue weighted by Gasteiger charge is 2.20. The second-order valence-corrected chi connectivity index (χ2v) is 8.01. The van der Waals surface area contributed by atoms with E-state index in [1.54, 1.807) is 26.0 Å². The molecule has 1 N–H and O–H groups in total. The van der Waals surface area contributed by atoms with Gasteiger partial charge >= 0.3 is 5.97 Å². The lowest BCUT2D eigenvalue weighted by molar-refractivity contribution is -0.140. The van der Waals surface area contributed by atoms with E-state index in [1.165, 1.54) is 13.0 Å². The smallest absolute Gasteiger partial charge is 0.302 e. The zero-order chi connectivity index (χ0) is 18.3. The summed E-state index contributed by atoms with van der Waals surface area (Å²) in [7, 11) is -3.84. The number of nitrogens with one attached hydrogen (secondary N) is 1. The Morgan fingerprint density at radius 1 is 1.29 bits per heavy atom. The summed E-state index contributed by atoms with van der Waals surface area (Å²) in [5, 5.41) is 0. The maximum Gasteiger partial charge on any atom is 0.302 e. The zero-order valence-corrected chi connectivity index (χ0v) is 16.1. The Kier molecular flexibility index (Phi) is 7.68.